The molecule has 1 aromatic carbocycles. The topological polar surface area (TPSA) is 43.4 Å². The monoisotopic (exact) mass is 266 g/mol. The number of esters is 1. The summed E-state index contributed by atoms with van der Waals surface area (Å²) in [6.07, 6.45) is 1.32. The molecule has 0 amide bonds. The summed E-state index contributed by atoms with van der Waals surface area (Å²) in [7, 11) is 0. The van der Waals surface area contributed by atoms with Crippen LogP contribution in [0, 0.1) is 0 Å². The van der Waals surface area contributed by atoms with Crippen molar-refractivity contribution in [3.8, 4) is 0 Å². The number of hydrogen-bond acceptors (Lipinski definition) is 4. The van der Waals surface area contributed by atoms with E-state index in [1.165, 1.54) is 11.8 Å². The van der Waals surface area contributed by atoms with Crippen LogP contribution in [0.15, 0.2) is 30.3 Å². The van der Waals surface area contributed by atoms with Crippen molar-refractivity contribution in [1.82, 2.24) is 0 Å². The summed E-state index contributed by atoms with van der Waals surface area (Å²) in [4.78, 5) is 22.8. The Morgan fingerprint density at radius 3 is 2.61 bits per heavy atom. The zero-order valence-electron chi connectivity index (χ0n) is 10.6. The molecular weight excluding hydrogens is 248 g/mol. The fraction of sp³-hybridized carbons (Fsp3) is 0.429. The van der Waals surface area contributed by atoms with Gasteiger partial charge in [0.05, 0.1) is 12.4 Å². The first kappa shape index (κ1) is 14.8. The lowest BCUT2D eigenvalue weighted by atomic mass is 10.1. The Labute approximate surface area is 112 Å². The van der Waals surface area contributed by atoms with Crippen LogP contribution >= 0.6 is 11.8 Å². The number of thioether (sulfide) groups is 1. The lowest BCUT2D eigenvalue weighted by molar-refractivity contribution is -0.139. The molecule has 0 aromatic heterocycles. The van der Waals surface area contributed by atoms with Gasteiger partial charge in [0.1, 0.15) is 0 Å². The highest BCUT2D eigenvalue weighted by atomic mass is 32.2. The van der Waals surface area contributed by atoms with E-state index in [9.17, 15) is 9.59 Å². The Kier molecular flexibility index (Phi) is 7.18. The largest absolute Gasteiger partial charge is 0.465 e. The van der Waals surface area contributed by atoms with Gasteiger partial charge in [0.15, 0.2) is 5.78 Å². The second kappa shape index (κ2) is 8.75. The summed E-state index contributed by atoms with van der Waals surface area (Å²) in [6, 6.07) is 9.28. The minimum absolute atomic E-state index is 0.160. The summed E-state index contributed by atoms with van der Waals surface area (Å²) in [5, 5.41) is 0. The average Bonchev–Trinajstić information content (AvgIpc) is 2.39. The Balaban J connectivity index is 2.11. The van der Waals surface area contributed by atoms with E-state index in [4.69, 9.17) is 4.74 Å². The number of benzene rings is 1. The fourth-order valence-electron chi connectivity index (χ4n) is 1.46. The molecule has 0 heterocycles. The molecule has 4 heteroatoms. The van der Waals surface area contributed by atoms with E-state index in [-0.39, 0.29) is 11.8 Å². The molecule has 0 unspecified atom stereocenters. The molecule has 0 radical (unpaired) electrons. The highest BCUT2D eigenvalue weighted by Crippen LogP contribution is 2.09. The maximum atomic E-state index is 11.7. The van der Waals surface area contributed by atoms with E-state index in [1.54, 1.807) is 6.92 Å². The van der Waals surface area contributed by atoms with Gasteiger partial charge in [-0.3, -0.25) is 9.59 Å². The third kappa shape index (κ3) is 5.87. The van der Waals surface area contributed by atoms with Crippen molar-refractivity contribution in [1.29, 1.82) is 0 Å². The molecule has 18 heavy (non-hydrogen) atoms. The number of ether oxygens (including phenoxy) is 1. The van der Waals surface area contributed by atoms with Crippen molar-refractivity contribution in [2.75, 3.05) is 18.1 Å². The molecule has 0 fully saturated rings. The number of rotatable bonds is 8. The van der Waals surface area contributed by atoms with Gasteiger partial charge < -0.3 is 4.74 Å². The first-order valence-corrected chi connectivity index (χ1v) is 7.21. The summed E-state index contributed by atoms with van der Waals surface area (Å²) < 4.78 is 4.81. The number of hydrogen-bond donors (Lipinski definition) is 0. The zero-order chi connectivity index (χ0) is 13.2. The van der Waals surface area contributed by atoms with Crippen LogP contribution in [-0.2, 0) is 9.53 Å². The molecule has 0 aliphatic rings. The maximum Gasteiger partial charge on any atom is 0.315 e. The van der Waals surface area contributed by atoms with Crippen molar-refractivity contribution in [2.24, 2.45) is 0 Å². The molecule has 0 spiro atoms. The van der Waals surface area contributed by atoms with Crippen molar-refractivity contribution < 1.29 is 14.3 Å². The van der Waals surface area contributed by atoms with Gasteiger partial charge in [-0.2, -0.15) is 11.8 Å². The van der Waals surface area contributed by atoms with E-state index in [1.807, 2.05) is 30.3 Å². The normalized spacial score (nSPS) is 10.1. The lowest BCUT2D eigenvalue weighted by Gasteiger charge is -2.02. The predicted molar refractivity (Wildman–Crippen MR) is 74.0 cm³/mol. The zero-order valence-corrected chi connectivity index (χ0v) is 11.4. The Hall–Kier alpha value is -1.29. The van der Waals surface area contributed by atoms with Gasteiger partial charge in [0.25, 0.3) is 0 Å². The highest BCUT2D eigenvalue weighted by molar-refractivity contribution is 7.99. The standard InChI is InChI=1S/C14H18O3S/c1-2-17-14(16)11-18-10-6-9-13(15)12-7-4-3-5-8-12/h3-5,7-8H,2,6,9-11H2,1H3. The second-order valence-electron chi connectivity index (χ2n) is 3.75. The van der Waals surface area contributed by atoms with Gasteiger partial charge in [-0.25, -0.2) is 0 Å². The quantitative estimate of drug-likeness (QED) is 0.412. The van der Waals surface area contributed by atoms with Crippen LogP contribution in [0.3, 0.4) is 0 Å². The maximum absolute atomic E-state index is 11.7. The SMILES string of the molecule is CCOC(=O)CSCCCC(=O)c1ccccc1. The van der Waals surface area contributed by atoms with E-state index >= 15 is 0 Å². The van der Waals surface area contributed by atoms with Crippen LogP contribution in [0.4, 0.5) is 0 Å². The minimum Gasteiger partial charge on any atom is -0.465 e. The van der Waals surface area contributed by atoms with E-state index < -0.39 is 0 Å². The molecule has 0 saturated carbocycles. The predicted octanol–water partition coefficient (Wildman–Crippen LogP) is 2.95. The first-order valence-electron chi connectivity index (χ1n) is 6.05. The number of Topliss-reactive ketones (excluding diaryl/α,β-unsaturated/α-hetero) is 1. The molecule has 0 aliphatic heterocycles. The molecular formula is C14H18O3S. The molecule has 0 atom stereocenters. The smallest absolute Gasteiger partial charge is 0.315 e. The van der Waals surface area contributed by atoms with Crippen molar-refractivity contribution >= 4 is 23.5 Å². The third-order valence-electron chi connectivity index (χ3n) is 2.31. The Morgan fingerprint density at radius 1 is 1.22 bits per heavy atom. The van der Waals surface area contributed by atoms with Gasteiger partial charge in [0.2, 0.25) is 0 Å². The van der Waals surface area contributed by atoms with Crippen molar-refractivity contribution in [2.45, 2.75) is 19.8 Å². The van der Waals surface area contributed by atoms with Gasteiger partial charge >= 0.3 is 5.97 Å². The molecule has 0 bridgehead atoms. The molecule has 0 saturated heterocycles. The van der Waals surface area contributed by atoms with Crippen molar-refractivity contribution in [3.05, 3.63) is 35.9 Å². The van der Waals surface area contributed by atoms with E-state index in [2.05, 4.69) is 0 Å². The minimum atomic E-state index is -0.183. The van der Waals surface area contributed by atoms with Crippen LogP contribution < -0.4 is 0 Å². The second-order valence-corrected chi connectivity index (χ2v) is 4.86. The average molecular weight is 266 g/mol. The molecule has 3 nitrogen and oxygen atoms in total. The van der Waals surface area contributed by atoms with E-state index in [0.29, 0.717) is 18.8 Å². The summed E-state index contributed by atoms with van der Waals surface area (Å²) in [5.41, 5.74) is 0.757. The van der Waals surface area contributed by atoms with Gasteiger partial charge in [-0.1, -0.05) is 30.3 Å². The molecule has 1 rings (SSSR count). The molecule has 98 valence electrons. The number of ketones is 1. The molecule has 0 aliphatic carbocycles. The van der Waals surface area contributed by atoms with Gasteiger partial charge in [-0.05, 0) is 19.1 Å². The summed E-state index contributed by atoms with van der Waals surface area (Å²) >= 11 is 1.51. The lowest BCUT2D eigenvalue weighted by Crippen LogP contribution is -2.07. The first-order chi connectivity index (χ1) is 8.74. The Bertz CT molecular complexity index is 376. The molecule has 1 aromatic rings. The number of carbonyl (C=O) groups excluding carboxylic acids is 2. The van der Waals surface area contributed by atoms with Crippen LogP contribution in [0.5, 0.6) is 0 Å². The van der Waals surface area contributed by atoms with Crippen LogP contribution in [0.25, 0.3) is 0 Å². The number of carbonyl (C=O) groups is 2. The summed E-state index contributed by atoms with van der Waals surface area (Å²) in [6.45, 7) is 2.22. The van der Waals surface area contributed by atoms with E-state index in [0.717, 1.165) is 17.7 Å². The summed E-state index contributed by atoms with van der Waals surface area (Å²) in [5.74, 6) is 1.15. The van der Waals surface area contributed by atoms with Crippen LogP contribution in [-0.4, -0.2) is 29.9 Å². The van der Waals surface area contributed by atoms with Gasteiger partial charge in [-0.15, -0.1) is 0 Å². The van der Waals surface area contributed by atoms with Gasteiger partial charge in [0, 0.05) is 12.0 Å². The highest BCUT2D eigenvalue weighted by Gasteiger charge is 2.05. The third-order valence-corrected chi connectivity index (χ3v) is 3.33. The van der Waals surface area contributed by atoms with Crippen molar-refractivity contribution in [3.63, 3.8) is 0 Å². The van der Waals surface area contributed by atoms with Crippen LogP contribution in [0.1, 0.15) is 30.1 Å². The molecule has 0 N–H and O–H groups in total. The van der Waals surface area contributed by atoms with Crippen LogP contribution in [0.2, 0.25) is 0 Å². The Morgan fingerprint density at radius 2 is 1.94 bits per heavy atom. The fourth-order valence-corrected chi connectivity index (χ4v) is 2.20.